The second-order valence-corrected chi connectivity index (χ2v) is 4.36. The number of nitrogens with one attached hydrogen (secondary N) is 1. The summed E-state index contributed by atoms with van der Waals surface area (Å²) in [4.78, 5) is 22.5. The average Bonchev–Trinajstić information content (AvgIpc) is 2.77. The first-order chi connectivity index (χ1) is 9.97. The maximum Gasteiger partial charge on any atom is 0.341 e. The summed E-state index contributed by atoms with van der Waals surface area (Å²) in [5.74, 6) is -0.504. The predicted molar refractivity (Wildman–Crippen MR) is 73.5 cm³/mol. The minimum absolute atomic E-state index is 0.314. The Balaban J connectivity index is 2.03. The molecule has 0 atom stereocenters. The van der Waals surface area contributed by atoms with Crippen LogP contribution in [0.25, 0.3) is 0 Å². The quantitative estimate of drug-likeness (QED) is 0.873. The fourth-order valence-corrected chi connectivity index (χ4v) is 1.78. The van der Waals surface area contributed by atoms with Crippen LogP contribution in [0, 0.1) is 13.8 Å². The van der Waals surface area contributed by atoms with E-state index in [9.17, 15) is 9.59 Å². The van der Waals surface area contributed by atoms with Crippen molar-refractivity contribution in [1.29, 1.82) is 0 Å². The molecule has 7 nitrogen and oxygen atoms in total. The summed E-state index contributed by atoms with van der Waals surface area (Å²) in [6, 6.07) is 6.39. The first-order valence-electron chi connectivity index (χ1n) is 6.16. The predicted octanol–water partition coefficient (Wildman–Crippen LogP) is 2.01. The maximum atomic E-state index is 12.1. The van der Waals surface area contributed by atoms with Crippen molar-refractivity contribution >= 4 is 17.6 Å². The molecule has 21 heavy (non-hydrogen) atoms. The van der Waals surface area contributed by atoms with E-state index >= 15 is 0 Å². The summed E-state index contributed by atoms with van der Waals surface area (Å²) in [7, 11) is 0. The van der Waals surface area contributed by atoms with Crippen molar-refractivity contribution in [1.82, 2.24) is 5.16 Å². The van der Waals surface area contributed by atoms with Crippen molar-refractivity contribution in [2.45, 2.75) is 13.8 Å². The highest BCUT2D eigenvalue weighted by Gasteiger charge is 2.17. The highest BCUT2D eigenvalue weighted by atomic mass is 16.5. The molecular formula is C14H14N2O5. The van der Waals surface area contributed by atoms with E-state index in [4.69, 9.17) is 14.4 Å². The van der Waals surface area contributed by atoms with Crippen LogP contribution in [0.2, 0.25) is 0 Å². The second kappa shape index (κ2) is 6.08. The molecule has 0 saturated carbocycles. The number of anilines is 1. The molecule has 2 aromatic rings. The van der Waals surface area contributed by atoms with Gasteiger partial charge in [-0.25, -0.2) is 4.79 Å². The number of carboxylic acid groups (broad SMARTS) is 1. The van der Waals surface area contributed by atoms with Crippen molar-refractivity contribution in [3.63, 3.8) is 0 Å². The molecule has 0 unspecified atom stereocenters. The smallest absolute Gasteiger partial charge is 0.341 e. The molecule has 0 aliphatic rings. The van der Waals surface area contributed by atoms with Crippen LogP contribution in [0.1, 0.15) is 21.8 Å². The van der Waals surface area contributed by atoms with Gasteiger partial charge in [0.15, 0.2) is 6.61 Å². The van der Waals surface area contributed by atoms with Crippen LogP contribution in [-0.2, 0) is 4.79 Å². The molecule has 0 aliphatic heterocycles. The second-order valence-electron chi connectivity index (χ2n) is 4.36. The van der Waals surface area contributed by atoms with Gasteiger partial charge in [-0.1, -0.05) is 5.16 Å². The molecule has 1 aromatic heterocycles. The van der Waals surface area contributed by atoms with Crippen molar-refractivity contribution in [3.8, 4) is 5.75 Å². The zero-order valence-electron chi connectivity index (χ0n) is 11.5. The Labute approximate surface area is 120 Å². The first kappa shape index (κ1) is 14.6. The number of carboxylic acids is 1. The summed E-state index contributed by atoms with van der Waals surface area (Å²) < 4.78 is 9.94. The number of carbonyl (C=O) groups excluding carboxylic acids is 1. The molecule has 0 aliphatic carbocycles. The molecular weight excluding hydrogens is 276 g/mol. The number of carbonyl (C=O) groups is 2. The van der Waals surface area contributed by atoms with Gasteiger partial charge in [0.1, 0.15) is 17.1 Å². The Hall–Kier alpha value is -2.83. The van der Waals surface area contributed by atoms with Gasteiger partial charge < -0.3 is 19.7 Å². The third-order valence-corrected chi connectivity index (χ3v) is 2.73. The Morgan fingerprint density at radius 3 is 2.48 bits per heavy atom. The number of hydrogen-bond acceptors (Lipinski definition) is 5. The lowest BCUT2D eigenvalue weighted by atomic mass is 10.2. The Morgan fingerprint density at radius 2 is 1.95 bits per heavy atom. The molecule has 2 rings (SSSR count). The van der Waals surface area contributed by atoms with Gasteiger partial charge in [0.25, 0.3) is 5.91 Å². The molecule has 0 saturated heterocycles. The number of hydrogen-bond donors (Lipinski definition) is 2. The Kier molecular flexibility index (Phi) is 4.22. The molecule has 1 heterocycles. The van der Waals surface area contributed by atoms with Crippen molar-refractivity contribution in [2.75, 3.05) is 11.9 Å². The molecule has 110 valence electrons. The fourth-order valence-electron chi connectivity index (χ4n) is 1.78. The van der Waals surface area contributed by atoms with Gasteiger partial charge in [0, 0.05) is 5.69 Å². The Bertz CT molecular complexity index is 641. The van der Waals surface area contributed by atoms with Crippen LogP contribution >= 0.6 is 0 Å². The van der Waals surface area contributed by atoms with E-state index in [0.717, 1.165) is 0 Å². The number of nitrogens with zero attached hydrogens (tertiary/aromatic N) is 1. The van der Waals surface area contributed by atoms with Crippen LogP contribution < -0.4 is 10.1 Å². The zero-order chi connectivity index (χ0) is 15.4. The summed E-state index contributed by atoms with van der Waals surface area (Å²) in [6.07, 6.45) is 0. The molecule has 7 heteroatoms. The maximum absolute atomic E-state index is 12.1. The third kappa shape index (κ3) is 3.59. The molecule has 0 radical (unpaired) electrons. The van der Waals surface area contributed by atoms with Gasteiger partial charge in [-0.15, -0.1) is 0 Å². The van der Waals surface area contributed by atoms with Crippen LogP contribution in [0.3, 0.4) is 0 Å². The average molecular weight is 290 g/mol. The third-order valence-electron chi connectivity index (χ3n) is 2.73. The van der Waals surface area contributed by atoms with Gasteiger partial charge in [-0.3, -0.25) is 4.79 Å². The zero-order valence-corrected chi connectivity index (χ0v) is 11.5. The van der Waals surface area contributed by atoms with Crippen LogP contribution in [0.15, 0.2) is 28.8 Å². The van der Waals surface area contributed by atoms with E-state index < -0.39 is 12.6 Å². The summed E-state index contributed by atoms with van der Waals surface area (Å²) in [6.45, 7) is 2.94. The SMILES string of the molecule is Cc1noc(C)c1C(=O)Nc1ccc(OCC(=O)O)cc1. The molecule has 1 amide bonds. The monoisotopic (exact) mass is 290 g/mol. The van der Waals surface area contributed by atoms with Crippen LogP contribution in [-0.4, -0.2) is 28.7 Å². The van der Waals surface area contributed by atoms with E-state index in [0.29, 0.717) is 28.5 Å². The fraction of sp³-hybridized carbons (Fsp3) is 0.214. The number of rotatable bonds is 5. The molecule has 1 aromatic carbocycles. The van der Waals surface area contributed by atoms with E-state index in [-0.39, 0.29) is 5.91 Å². The van der Waals surface area contributed by atoms with Crippen molar-refractivity contribution in [3.05, 3.63) is 41.3 Å². The molecule has 0 bridgehead atoms. The number of ether oxygens (including phenoxy) is 1. The van der Waals surface area contributed by atoms with Gasteiger partial charge in [0.2, 0.25) is 0 Å². The lowest BCUT2D eigenvalue weighted by Crippen LogP contribution is -2.13. The van der Waals surface area contributed by atoms with Crippen molar-refractivity contribution in [2.24, 2.45) is 0 Å². The summed E-state index contributed by atoms with van der Waals surface area (Å²) in [5, 5.41) is 14.9. The van der Waals surface area contributed by atoms with Gasteiger partial charge >= 0.3 is 5.97 Å². The minimum atomic E-state index is -1.05. The number of benzene rings is 1. The standard InChI is InChI=1S/C14H14N2O5/c1-8-13(9(2)21-16-8)14(19)15-10-3-5-11(6-4-10)20-7-12(17)18/h3-6H,7H2,1-2H3,(H,15,19)(H,17,18). The largest absolute Gasteiger partial charge is 0.482 e. The highest BCUT2D eigenvalue weighted by molar-refractivity contribution is 6.05. The van der Waals surface area contributed by atoms with Crippen molar-refractivity contribution < 1.29 is 24.0 Å². The minimum Gasteiger partial charge on any atom is -0.482 e. The van der Waals surface area contributed by atoms with E-state index in [1.807, 2.05) is 0 Å². The Morgan fingerprint density at radius 1 is 1.29 bits per heavy atom. The lowest BCUT2D eigenvalue weighted by Gasteiger charge is -2.07. The normalized spacial score (nSPS) is 10.2. The number of amides is 1. The van der Waals surface area contributed by atoms with E-state index in [1.54, 1.807) is 38.1 Å². The lowest BCUT2D eigenvalue weighted by molar-refractivity contribution is -0.139. The molecule has 0 spiro atoms. The van der Waals surface area contributed by atoms with Crippen LogP contribution in [0.5, 0.6) is 5.75 Å². The summed E-state index contributed by atoms with van der Waals surface area (Å²) in [5.41, 5.74) is 1.48. The number of aryl methyl sites for hydroxylation is 2. The number of aromatic nitrogens is 1. The topological polar surface area (TPSA) is 102 Å². The number of aliphatic carboxylic acids is 1. The van der Waals surface area contributed by atoms with E-state index in [2.05, 4.69) is 10.5 Å². The highest BCUT2D eigenvalue weighted by Crippen LogP contribution is 2.18. The van der Waals surface area contributed by atoms with Crippen LogP contribution in [0.4, 0.5) is 5.69 Å². The molecule has 2 N–H and O–H groups in total. The molecule has 0 fully saturated rings. The van der Waals surface area contributed by atoms with Gasteiger partial charge in [-0.2, -0.15) is 0 Å². The van der Waals surface area contributed by atoms with E-state index in [1.165, 1.54) is 0 Å². The summed E-state index contributed by atoms with van der Waals surface area (Å²) >= 11 is 0. The first-order valence-corrected chi connectivity index (χ1v) is 6.16. The van der Waals surface area contributed by atoms with Gasteiger partial charge in [0.05, 0.1) is 5.69 Å². The van der Waals surface area contributed by atoms with Gasteiger partial charge in [-0.05, 0) is 38.1 Å².